The first kappa shape index (κ1) is 22.6. The fraction of sp³-hybridized carbons (Fsp3) is 0.571. The Hall–Kier alpha value is -1.64. The summed E-state index contributed by atoms with van der Waals surface area (Å²) in [6.07, 6.45) is 2.53. The predicted molar refractivity (Wildman–Crippen MR) is 125 cm³/mol. The van der Waals surface area contributed by atoms with Gasteiger partial charge in [0.15, 0.2) is 11.8 Å². The van der Waals surface area contributed by atoms with E-state index in [2.05, 4.69) is 58.5 Å². The molecule has 0 radical (unpaired) electrons. The summed E-state index contributed by atoms with van der Waals surface area (Å²) < 4.78 is 2.02. The van der Waals surface area contributed by atoms with Crippen LogP contribution in [0.5, 0.6) is 0 Å². The highest BCUT2D eigenvalue weighted by Crippen LogP contribution is 2.23. The molecular formula is C21H33IN6. The zero-order valence-electron chi connectivity index (χ0n) is 17.4. The van der Waals surface area contributed by atoms with Crippen LogP contribution in [0.1, 0.15) is 43.9 Å². The first-order valence-electron chi connectivity index (χ1n) is 9.95. The molecule has 0 aliphatic carbocycles. The Morgan fingerprint density at radius 3 is 2.64 bits per heavy atom. The average molecular weight is 496 g/mol. The molecular weight excluding hydrogens is 463 g/mol. The van der Waals surface area contributed by atoms with Crippen LogP contribution in [-0.4, -0.2) is 38.7 Å². The van der Waals surface area contributed by atoms with E-state index in [1.165, 1.54) is 18.4 Å². The van der Waals surface area contributed by atoms with Crippen molar-refractivity contribution in [3.05, 3.63) is 47.5 Å². The standard InChI is InChI=1S/C21H32N6.HI/c1-16(2)12-19-10-11-27(15-19)21(22-13-18-8-6-5-7-9-18)23-14-20-25-24-17(3)26(20)4;/h5-9,16,19H,10-15H2,1-4H3,(H,22,23);1H. The molecule has 2 heterocycles. The SMILES string of the molecule is Cc1nnc(CNC(=NCc2ccccc2)N2CCC(CC(C)C)C2)n1C.I. The van der Waals surface area contributed by atoms with Crippen LogP contribution < -0.4 is 5.32 Å². The molecule has 1 aliphatic rings. The Kier molecular flexibility index (Phi) is 8.72. The maximum Gasteiger partial charge on any atom is 0.194 e. The fourth-order valence-corrected chi connectivity index (χ4v) is 3.66. The highest BCUT2D eigenvalue weighted by molar-refractivity contribution is 14.0. The number of hydrogen-bond acceptors (Lipinski definition) is 3. The van der Waals surface area contributed by atoms with Gasteiger partial charge in [-0.05, 0) is 37.2 Å². The average Bonchev–Trinajstić information content (AvgIpc) is 3.23. The van der Waals surface area contributed by atoms with E-state index < -0.39 is 0 Å². The summed E-state index contributed by atoms with van der Waals surface area (Å²) >= 11 is 0. The van der Waals surface area contributed by atoms with Crippen LogP contribution in [0.3, 0.4) is 0 Å². The lowest BCUT2D eigenvalue weighted by molar-refractivity contribution is 0.402. The highest BCUT2D eigenvalue weighted by atomic mass is 127. The van der Waals surface area contributed by atoms with E-state index in [4.69, 9.17) is 4.99 Å². The van der Waals surface area contributed by atoms with Gasteiger partial charge in [0.25, 0.3) is 0 Å². The molecule has 0 amide bonds. The number of hydrogen-bond donors (Lipinski definition) is 1. The predicted octanol–water partition coefficient (Wildman–Crippen LogP) is 3.76. The second kappa shape index (κ2) is 10.8. The van der Waals surface area contributed by atoms with Crippen molar-refractivity contribution in [2.45, 2.75) is 46.7 Å². The normalized spacial score (nSPS) is 17.1. The number of nitrogens with one attached hydrogen (secondary N) is 1. The number of aromatic nitrogens is 3. The van der Waals surface area contributed by atoms with E-state index in [1.54, 1.807) is 0 Å². The van der Waals surface area contributed by atoms with Crippen LogP contribution >= 0.6 is 24.0 Å². The zero-order chi connectivity index (χ0) is 19.2. The Morgan fingerprint density at radius 2 is 2.00 bits per heavy atom. The van der Waals surface area contributed by atoms with E-state index >= 15 is 0 Å². The largest absolute Gasteiger partial charge is 0.349 e. The number of rotatable bonds is 6. The van der Waals surface area contributed by atoms with Crippen LogP contribution in [0.2, 0.25) is 0 Å². The van der Waals surface area contributed by atoms with Crippen molar-refractivity contribution < 1.29 is 0 Å². The van der Waals surface area contributed by atoms with Crippen LogP contribution in [-0.2, 0) is 20.1 Å². The quantitative estimate of drug-likeness (QED) is 0.376. The summed E-state index contributed by atoms with van der Waals surface area (Å²) in [6.45, 7) is 10.1. The number of aryl methyl sites for hydroxylation is 1. The first-order valence-corrected chi connectivity index (χ1v) is 9.95. The third-order valence-electron chi connectivity index (χ3n) is 5.23. The van der Waals surface area contributed by atoms with Crippen LogP contribution in [0.15, 0.2) is 35.3 Å². The smallest absolute Gasteiger partial charge is 0.194 e. The minimum Gasteiger partial charge on any atom is -0.349 e. The molecule has 1 aromatic carbocycles. The third kappa shape index (κ3) is 6.18. The molecule has 2 aromatic rings. The van der Waals surface area contributed by atoms with E-state index in [-0.39, 0.29) is 24.0 Å². The van der Waals surface area contributed by atoms with Gasteiger partial charge in [0.2, 0.25) is 0 Å². The van der Waals surface area contributed by atoms with E-state index in [0.29, 0.717) is 13.1 Å². The van der Waals surface area contributed by atoms with Gasteiger partial charge < -0.3 is 14.8 Å². The maximum atomic E-state index is 4.92. The zero-order valence-corrected chi connectivity index (χ0v) is 19.8. The molecule has 6 nitrogen and oxygen atoms in total. The molecule has 1 atom stereocenters. The topological polar surface area (TPSA) is 58.3 Å². The molecule has 0 saturated carbocycles. The Morgan fingerprint density at radius 1 is 1.25 bits per heavy atom. The van der Waals surface area contributed by atoms with Crippen molar-refractivity contribution in [2.24, 2.45) is 23.9 Å². The Labute approximate surface area is 185 Å². The molecule has 1 aliphatic heterocycles. The monoisotopic (exact) mass is 496 g/mol. The van der Waals surface area contributed by atoms with Gasteiger partial charge in [-0.3, -0.25) is 0 Å². The molecule has 1 N–H and O–H groups in total. The van der Waals surface area contributed by atoms with Crippen molar-refractivity contribution in [3.8, 4) is 0 Å². The number of halogens is 1. The second-order valence-corrected chi connectivity index (χ2v) is 7.93. The van der Waals surface area contributed by atoms with Gasteiger partial charge in [0.05, 0.1) is 13.1 Å². The number of guanidine groups is 1. The van der Waals surface area contributed by atoms with E-state index in [0.717, 1.165) is 42.5 Å². The Balaban J connectivity index is 0.00000280. The molecule has 7 heteroatoms. The van der Waals surface area contributed by atoms with E-state index in [9.17, 15) is 0 Å². The van der Waals surface area contributed by atoms with E-state index in [1.807, 2.05) is 24.6 Å². The minimum atomic E-state index is 0. The molecule has 0 bridgehead atoms. The summed E-state index contributed by atoms with van der Waals surface area (Å²) in [4.78, 5) is 7.32. The molecule has 1 fully saturated rings. The summed E-state index contributed by atoms with van der Waals surface area (Å²) in [5, 5.41) is 11.9. The van der Waals surface area contributed by atoms with Crippen LogP contribution in [0.4, 0.5) is 0 Å². The van der Waals surface area contributed by atoms with Gasteiger partial charge in [-0.15, -0.1) is 34.2 Å². The summed E-state index contributed by atoms with van der Waals surface area (Å²) in [5.41, 5.74) is 1.23. The maximum absolute atomic E-state index is 4.92. The number of aliphatic imine (C=N–C) groups is 1. The second-order valence-electron chi connectivity index (χ2n) is 7.93. The van der Waals surface area contributed by atoms with Gasteiger partial charge in [0, 0.05) is 20.1 Å². The third-order valence-corrected chi connectivity index (χ3v) is 5.23. The van der Waals surface area contributed by atoms with Gasteiger partial charge in [-0.25, -0.2) is 4.99 Å². The summed E-state index contributed by atoms with van der Waals surface area (Å²) in [5.74, 6) is 4.33. The summed E-state index contributed by atoms with van der Waals surface area (Å²) in [6, 6.07) is 10.4. The molecule has 1 unspecified atom stereocenters. The van der Waals surface area contributed by atoms with Crippen molar-refractivity contribution in [1.29, 1.82) is 0 Å². The number of likely N-dealkylation sites (tertiary alicyclic amines) is 1. The van der Waals surface area contributed by atoms with Gasteiger partial charge in [0.1, 0.15) is 5.82 Å². The lowest BCUT2D eigenvalue weighted by Crippen LogP contribution is -2.40. The van der Waals surface area contributed by atoms with Crippen molar-refractivity contribution in [1.82, 2.24) is 25.0 Å². The number of benzene rings is 1. The fourth-order valence-electron chi connectivity index (χ4n) is 3.66. The minimum absolute atomic E-state index is 0. The molecule has 1 aromatic heterocycles. The Bertz CT molecular complexity index is 756. The van der Waals surface area contributed by atoms with Gasteiger partial charge >= 0.3 is 0 Å². The lowest BCUT2D eigenvalue weighted by Gasteiger charge is -2.22. The van der Waals surface area contributed by atoms with Gasteiger partial charge in [-0.1, -0.05) is 44.2 Å². The molecule has 28 heavy (non-hydrogen) atoms. The lowest BCUT2D eigenvalue weighted by atomic mass is 9.97. The van der Waals surface area contributed by atoms with Crippen molar-refractivity contribution in [2.75, 3.05) is 13.1 Å². The van der Waals surface area contributed by atoms with Gasteiger partial charge in [-0.2, -0.15) is 0 Å². The molecule has 1 saturated heterocycles. The summed E-state index contributed by atoms with van der Waals surface area (Å²) in [7, 11) is 2.00. The number of nitrogens with zero attached hydrogens (tertiary/aromatic N) is 5. The molecule has 3 rings (SSSR count). The first-order chi connectivity index (χ1) is 13.0. The van der Waals surface area contributed by atoms with Crippen LogP contribution in [0, 0.1) is 18.8 Å². The highest BCUT2D eigenvalue weighted by Gasteiger charge is 2.25. The molecule has 0 spiro atoms. The molecule has 154 valence electrons. The van der Waals surface area contributed by atoms with Crippen molar-refractivity contribution >= 4 is 29.9 Å². The van der Waals surface area contributed by atoms with Crippen LogP contribution in [0.25, 0.3) is 0 Å². The van der Waals surface area contributed by atoms with Crippen molar-refractivity contribution in [3.63, 3.8) is 0 Å².